The Morgan fingerprint density at radius 2 is 0.365 bits per heavy atom. The van der Waals surface area contributed by atoms with Crippen molar-refractivity contribution in [1.29, 1.82) is 0 Å². The molecular formula is C18F34. The summed E-state index contributed by atoms with van der Waals surface area (Å²) in [6, 6.07) is 0. The Labute approximate surface area is 257 Å². The molecule has 0 nitrogen and oxygen atoms in total. The normalized spacial score (nSPS) is 21.8. The molecule has 0 saturated carbocycles. The van der Waals surface area contributed by atoms with Gasteiger partial charge in [-0.25, -0.2) is 8.78 Å². The van der Waals surface area contributed by atoms with E-state index in [1.54, 1.807) is 0 Å². The summed E-state index contributed by atoms with van der Waals surface area (Å²) in [6.07, 6.45) is -36.0. The van der Waals surface area contributed by atoms with Crippen LogP contribution in [0.15, 0.2) is 11.1 Å². The van der Waals surface area contributed by atoms with Gasteiger partial charge in [0.25, 0.3) is 0 Å². The Balaban J connectivity index is 4.84. The van der Waals surface area contributed by atoms with E-state index >= 15 is 8.78 Å². The molecule has 0 aromatic rings. The van der Waals surface area contributed by atoms with Crippen molar-refractivity contribution >= 4 is 0 Å². The van der Waals surface area contributed by atoms with Gasteiger partial charge in [0.05, 0.1) is 11.1 Å². The maximum atomic E-state index is 15.0. The molecule has 0 bridgehead atoms. The Hall–Kier alpha value is -2.64. The van der Waals surface area contributed by atoms with Crippen LogP contribution in [0.2, 0.25) is 0 Å². The Morgan fingerprint density at radius 3 is 0.500 bits per heavy atom. The molecule has 0 heterocycles. The van der Waals surface area contributed by atoms with Gasteiger partial charge in [0.15, 0.2) is 0 Å². The second-order valence-corrected chi connectivity index (χ2v) is 9.80. The first-order chi connectivity index (χ1) is 21.7. The SMILES string of the molecule is FC(F)(F)C(F)(F)C(F)(F)C(F)(F)C(F)(F)C(F)(C1=C(C(F)(C(F)(F)F)C(F)(F)C(F)(F)C(F)(F)C(F)(F)C(F)(F)F)C(F)(F)C1(F)F)C(F)(F)F. The van der Waals surface area contributed by atoms with Crippen LogP contribution in [-0.4, -0.2) is 95.3 Å². The molecule has 1 rings (SSSR count). The van der Waals surface area contributed by atoms with Gasteiger partial charge in [-0.3, -0.25) is 0 Å². The largest absolute Gasteiger partial charge is 0.460 e. The van der Waals surface area contributed by atoms with Crippen molar-refractivity contribution in [3.05, 3.63) is 11.1 Å². The van der Waals surface area contributed by atoms with Gasteiger partial charge in [-0.1, -0.05) is 0 Å². The second-order valence-electron chi connectivity index (χ2n) is 9.80. The van der Waals surface area contributed by atoms with Crippen LogP contribution in [0.4, 0.5) is 149 Å². The quantitative estimate of drug-likeness (QED) is 0.152. The zero-order valence-electron chi connectivity index (χ0n) is 21.9. The van der Waals surface area contributed by atoms with Crippen molar-refractivity contribution in [2.75, 3.05) is 0 Å². The molecule has 0 aromatic carbocycles. The third kappa shape index (κ3) is 5.02. The zero-order chi connectivity index (χ0) is 43.2. The molecule has 0 aromatic heterocycles. The Bertz CT molecular complexity index is 1300. The fraction of sp³-hybridized carbons (Fsp3) is 0.889. The van der Waals surface area contributed by atoms with Crippen molar-refractivity contribution < 1.29 is 149 Å². The number of halogens is 34. The van der Waals surface area contributed by atoms with E-state index in [-0.39, 0.29) is 0 Å². The van der Waals surface area contributed by atoms with Gasteiger partial charge in [0.2, 0.25) is 0 Å². The van der Waals surface area contributed by atoms with E-state index in [9.17, 15) is 140 Å². The van der Waals surface area contributed by atoms with Crippen LogP contribution in [0, 0.1) is 0 Å². The highest BCUT2D eigenvalue weighted by molar-refractivity contribution is 5.58. The van der Waals surface area contributed by atoms with Crippen molar-refractivity contribution in [3.63, 3.8) is 0 Å². The van der Waals surface area contributed by atoms with Crippen LogP contribution in [0.1, 0.15) is 0 Å². The first-order valence-corrected chi connectivity index (χ1v) is 10.9. The predicted octanol–water partition coefficient (Wildman–Crippen LogP) is 11.3. The summed E-state index contributed by atoms with van der Waals surface area (Å²) in [6.45, 7) is 0. The van der Waals surface area contributed by atoms with E-state index < -0.39 is 106 Å². The summed E-state index contributed by atoms with van der Waals surface area (Å²) in [5.41, 5.74) is -33.5. The van der Waals surface area contributed by atoms with Crippen LogP contribution in [0.3, 0.4) is 0 Å². The van der Waals surface area contributed by atoms with E-state index in [2.05, 4.69) is 0 Å². The van der Waals surface area contributed by atoms with Gasteiger partial charge < -0.3 is 0 Å². The smallest absolute Gasteiger partial charge is 0.221 e. The lowest BCUT2D eigenvalue weighted by atomic mass is 9.61. The number of allylic oxidation sites excluding steroid dienone is 2. The summed E-state index contributed by atoms with van der Waals surface area (Å²) >= 11 is 0. The zero-order valence-corrected chi connectivity index (χ0v) is 21.9. The molecule has 0 fully saturated rings. The van der Waals surface area contributed by atoms with Crippen molar-refractivity contribution in [2.24, 2.45) is 0 Å². The van der Waals surface area contributed by atoms with Gasteiger partial charge in [-0.2, -0.15) is 140 Å². The summed E-state index contributed by atoms with van der Waals surface area (Å²) < 4.78 is 460. The van der Waals surface area contributed by atoms with Crippen LogP contribution in [0.5, 0.6) is 0 Å². The van der Waals surface area contributed by atoms with E-state index in [0.29, 0.717) is 0 Å². The highest BCUT2D eigenvalue weighted by Crippen LogP contribution is 2.75. The minimum absolute atomic E-state index is 6.78. The topological polar surface area (TPSA) is 0 Å². The molecule has 1 aliphatic rings. The fourth-order valence-electron chi connectivity index (χ4n) is 3.87. The molecule has 0 spiro atoms. The third-order valence-corrected chi connectivity index (χ3v) is 6.69. The molecule has 34 heteroatoms. The molecule has 2 atom stereocenters. The average molecular weight is 862 g/mol. The maximum absolute atomic E-state index is 15.0. The fourth-order valence-corrected chi connectivity index (χ4v) is 3.87. The highest BCUT2D eigenvalue weighted by Gasteiger charge is 3.01. The lowest BCUT2D eigenvalue weighted by molar-refractivity contribution is -0.450. The third-order valence-electron chi connectivity index (χ3n) is 6.69. The van der Waals surface area contributed by atoms with Crippen molar-refractivity contribution in [1.82, 2.24) is 0 Å². The first-order valence-electron chi connectivity index (χ1n) is 10.9. The first kappa shape index (κ1) is 47.4. The van der Waals surface area contributed by atoms with E-state index in [4.69, 9.17) is 0 Å². The molecule has 0 N–H and O–H groups in total. The van der Waals surface area contributed by atoms with E-state index in [1.807, 2.05) is 0 Å². The molecular weight excluding hydrogens is 862 g/mol. The van der Waals surface area contributed by atoms with E-state index in [1.165, 1.54) is 0 Å². The van der Waals surface area contributed by atoms with Crippen LogP contribution >= 0.6 is 0 Å². The molecule has 310 valence electrons. The minimum atomic E-state index is -10.1. The van der Waals surface area contributed by atoms with E-state index in [0.717, 1.165) is 0 Å². The van der Waals surface area contributed by atoms with Crippen LogP contribution in [0.25, 0.3) is 0 Å². The number of hydrogen-bond acceptors (Lipinski definition) is 0. The van der Waals surface area contributed by atoms with Gasteiger partial charge >= 0.3 is 95.3 Å². The number of rotatable bonds is 10. The summed E-state index contributed by atoms with van der Waals surface area (Å²) in [5.74, 6) is -94.8. The average Bonchev–Trinajstić information content (AvgIpc) is 2.86. The minimum Gasteiger partial charge on any atom is -0.221 e. The molecule has 0 radical (unpaired) electrons. The molecule has 0 amide bonds. The maximum Gasteiger partial charge on any atom is 0.460 e. The van der Waals surface area contributed by atoms with Gasteiger partial charge in [-0.05, 0) is 0 Å². The van der Waals surface area contributed by atoms with Crippen molar-refractivity contribution in [3.8, 4) is 0 Å². The second kappa shape index (κ2) is 11.0. The number of alkyl halides is 34. The summed E-state index contributed by atoms with van der Waals surface area (Å²) in [7, 11) is 0. The molecule has 0 saturated heterocycles. The van der Waals surface area contributed by atoms with Crippen LogP contribution in [-0.2, 0) is 0 Å². The van der Waals surface area contributed by atoms with Gasteiger partial charge in [0.1, 0.15) is 0 Å². The van der Waals surface area contributed by atoms with Gasteiger partial charge in [0, 0.05) is 0 Å². The lowest BCUT2D eigenvalue weighted by Crippen LogP contribution is -2.80. The Morgan fingerprint density at radius 1 is 0.212 bits per heavy atom. The standard InChI is InChI=1S/C18F34/c19-3(15(41,42)43,7(25,26)9(29,30)11(33,34)13(37,38)17(47,48)49)1-2(6(23,24)5(1,21)22)4(20,16(44,45)46)8(27,28)10(31,32)12(35,36)14(39,40)18(50,51)52. The lowest BCUT2D eigenvalue weighted by Gasteiger charge is -2.54. The predicted molar refractivity (Wildman–Crippen MR) is 88.4 cm³/mol. The molecule has 2 unspecified atom stereocenters. The summed E-state index contributed by atoms with van der Waals surface area (Å²) in [5, 5.41) is 0. The van der Waals surface area contributed by atoms with Crippen LogP contribution < -0.4 is 0 Å². The van der Waals surface area contributed by atoms with Crippen molar-refractivity contribution in [2.45, 2.75) is 95.3 Å². The monoisotopic (exact) mass is 862 g/mol. The number of hydrogen-bond donors (Lipinski definition) is 0. The molecule has 52 heavy (non-hydrogen) atoms. The highest BCUT2D eigenvalue weighted by atomic mass is 19.5. The molecule has 1 aliphatic carbocycles. The summed E-state index contributed by atoms with van der Waals surface area (Å²) in [4.78, 5) is 0. The van der Waals surface area contributed by atoms with Gasteiger partial charge in [-0.15, -0.1) is 0 Å². The Kier molecular flexibility index (Phi) is 10.0. The molecule has 0 aliphatic heterocycles.